The van der Waals surface area contributed by atoms with Crippen LogP contribution in [0.4, 0.5) is 0 Å². The lowest BCUT2D eigenvalue weighted by atomic mass is 9.92. The lowest BCUT2D eigenvalue weighted by Crippen LogP contribution is -2.58. The maximum Gasteiger partial charge on any atom is 0.0590 e. The van der Waals surface area contributed by atoms with Gasteiger partial charge in [-0.15, -0.1) is 0 Å². The highest BCUT2D eigenvalue weighted by atomic mass is 32.2. The predicted molar refractivity (Wildman–Crippen MR) is 72.0 cm³/mol. The van der Waals surface area contributed by atoms with Crippen molar-refractivity contribution in [3.8, 4) is 0 Å². The molecular formula is C12H26N2OS. The van der Waals surface area contributed by atoms with Gasteiger partial charge in [-0.1, -0.05) is 6.92 Å². The molecule has 0 spiro atoms. The number of ether oxygens (including phenoxy) is 1. The summed E-state index contributed by atoms with van der Waals surface area (Å²) in [6.45, 7) is 9.34. The first kappa shape index (κ1) is 14.3. The van der Waals surface area contributed by atoms with Crippen molar-refractivity contribution in [1.82, 2.24) is 4.90 Å². The van der Waals surface area contributed by atoms with Gasteiger partial charge in [-0.3, -0.25) is 4.90 Å². The topological polar surface area (TPSA) is 38.5 Å². The Kier molecular flexibility index (Phi) is 5.57. The van der Waals surface area contributed by atoms with Gasteiger partial charge < -0.3 is 10.5 Å². The van der Waals surface area contributed by atoms with E-state index in [0.29, 0.717) is 6.04 Å². The molecule has 1 rings (SSSR count). The SMILES string of the molecule is COCCN(C(C)C)C1(CN)CSC(C)C1. The second-order valence-electron chi connectivity index (χ2n) is 5.03. The summed E-state index contributed by atoms with van der Waals surface area (Å²) < 4.78 is 5.21. The van der Waals surface area contributed by atoms with E-state index in [2.05, 4.69) is 25.7 Å². The van der Waals surface area contributed by atoms with Crippen LogP contribution in [0.5, 0.6) is 0 Å². The molecule has 0 aromatic heterocycles. The Balaban J connectivity index is 2.73. The highest BCUT2D eigenvalue weighted by Crippen LogP contribution is 2.38. The fraction of sp³-hybridized carbons (Fsp3) is 1.00. The van der Waals surface area contributed by atoms with Crippen LogP contribution >= 0.6 is 11.8 Å². The number of methoxy groups -OCH3 is 1. The van der Waals surface area contributed by atoms with Crippen molar-refractivity contribution in [3.05, 3.63) is 0 Å². The average molecular weight is 246 g/mol. The molecule has 0 bridgehead atoms. The molecule has 2 atom stereocenters. The molecule has 16 heavy (non-hydrogen) atoms. The zero-order chi connectivity index (χ0) is 12.2. The quantitative estimate of drug-likeness (QED) is 0.772. The third-order valence-electron chi connectivity index (χ3n) is 3.45. The molecule has 4 heteroatoms. The van der Waals surface area contributed by atoms with Gasteiger partial charge in [0, 0.05) is 42.8 Å². The fourth-order valence-electron chi connectivity index (χ4n) is 2.64. The number of hydrogen-bond acceptors (Lipinski definition) is 4. The van der Waals surface area contributed by atoms with Gasteiger partial charge in [0.05, 0.1) is 6.61 Å². The van der Waals surface area contributed by atoms with Gasteiger partial charge >= 0.3 is 0 Å². The van der Waals surface area contributed by atoms with Crippen LogP contribution in [0.25, 0.3) is 0 Å². The normalized spacial score (nSPS) is 30.6. The summed E-state index contributed by atoms with van der Waals surface area (Å²) in [4.78, 5) is 2.53. The lowest BCUT2D eigenvalue weighted by molar-refractivity contribution is 0.0470. The maximum absolute atomic E-state index is 6.05. The van der Waals surface area contributed by atoms with Crippen LogP contribution < -0.4 is 5.73 Å². The Morgan fingerprint density at radius 2 is 2.25 bits per heavy atom. The highest BCUT2D eigenvalue weighted by molar-refractivity contribution is 8.00. The van der Waals surface area contributed by atoms with Crippen molar-refractivity contribution in [2.75, 3.05) is 32.6 Å². The zero-order valence-corrected chi connectivity index (χ0v) is 11.8. The molecule has 2 unspecified atom stereocenters. The van der Waals surface area contributed by atoms with Crippen molar-refractivity contribution in [2.24, 2.45) is 5.73 Å². The molecule has 2 N–H and O–H groups in total. The highest BCUT2D eigenvalue weighted by Gasteiger charge is 2.42. The minimum Gasteiger partial charge on any atom is -0.383 e. The molecule has 1 saturated heterocycles. The van der Waals surface area contributed by atoms with Gasteiger partial charge in [0.1, 0.15) is 0 Å². The largest absolute Gasteiger partial charge is 0.383 e. The third kappa shape index (κ3) is 3.13. The molecule has 0 aromatic rings. The second-order valence-corrected chi connectivity index (χ2v) is 6.46. The second kappa shape index (κ2) is 6.24. The van der Waals surface area contributed by atoms with Crippen LogP contribution in [0.15, 0.2) is 0 Å². The molecule has 0 aliphatic carbocycles. The minimum atomic E-state index is 0.191. The molecule has 0 radical (unpaired) electrons. The fourth-order valence-corrected chi connectivity index (χ4v) is 4.07. The van der Waals surface area contributed by atoms with E-state index in [9.17, 15) is 0 Å². The molecule has 1 fully saturated rings. The molecule has 0 aromatic carbocycles. The lowest BCUT2D eigenvalue weighted by Gasteiger charge is -2.43. The van der Waals surface area contributed by atoms with E-state index >= 15 is 0 Å². The standard InChI is InChI=1S/C12H26N2OS/c1-10(2)14(5-6-15-4)12(8-13)7-11(3)16-9-12/h10-11H,5-9,13H2,1-4H3. The van der Waals surface area contributed by atoms with E-state index in [0.717, 1.165) is 30.7 Å². The van der Waals surface area contributed by atoms with Crippen LogP contribution in [-0.4, -0.2) is 54.3 Å². The van der Waals surface area contributed by atoms with Gasteiger partial charge in [0.15, 0.2) is 0 Å². The van der Waals surface area contributed by atoms with Crippen molar-refractivity contribution in [3.63, 3.8) is 0 Å². The third-order valence-corrected chi connectivity index (χ3v) is 4.89. The zero-order valence-electron chi connectivity index (χ0n) is 11.0. The summed E-state index contributed by atoms with van der Waals surface area (Å²) in [6, 6.07) is 0.532. The first-order valence-electron chi connectivity index (χ1n) is 6.13. The van der Waals surface area contributed by atoms with E-state index in [1.165, 1.54) is 6.42 Å². The molecule has 3 nitrogen and oxygen atoms in total. The molecule has 0 amide bonds. The number of hydrogen-bond donors (Lipinski definition) is 1. The Bertz CT molecular complexity index is 213. The summed E-state index contributed by atoms with van der Waals surface area (Å²) in [6.07, 6.45) is 1.20. The van der Waals surface area contributed by atoms with Crippen LogP contribution in [-0.2, 0) is 4.74 Å². The first-order valence-corrected chi connectivity index (χ1v) is 7.18. The van der Waals surface area contributed by atoms with Crippen LogP contribution in [0, 0.1) is 0 Å². The van der Waals surface area contributed by atoms with Crippen molar-refractivity contribution < 1.29 is 4.74 Å². The Labute approximate surface area is 104 Å². The van der Waals surface area contributed by atoms with E-state index in [4.69, 9.17) is 10.5 Å². The van der Waals surface area contributed by atoms with Crippen LogP contribution in [0.2, 0.25) is 0 Å². The number of nitrogens with two attached hydrogens (primary N) is 1. The first-order chi connectivity index (χ1) is 7.55. The number of rotatable bonds is 6. The van der Waals surface area contributed by atoms with Gasteiger partial charge in [-0.25, -0.2) is 0 Å². The Morgan fingerprint density at radius 1 is 1.56 bits per heavy atom. The van der Waals surface area contributed by atoms with Crippen molar-refractivity contribution in [1.29, 1.82) is 0 Å². The smallest absolute Gasteiger partial charge is 0.0590 e. The minimum absolute atomic E-state index is 0.191. The Morgan fingerprint density at radius 3 is 2.62 bits per heavy atom. The monoisotopic (exact) mass is 246 g/mol. The number of nitrogens with zero attached hydrogens (tertiary/aromatic N) is 1. The average Bonchev–Trinajstić information content (AvgIpc) is 2.61. The van der Waals surface area contributed by atoms with Gasteiger partial charge in [0.2, 0.25) is 0 Å². The number of thioether (sulfide) groups is 1. The van der Waals surface area contributed by atoms with Gasteiger partial charge in [0.25, 0.3) is 0 Å². The molecule has 0 saturated carbocycles. The van der Waals surface area contributed by atoms with E-state index in [1.54, 1.807) is 7.11 Å². The van der Waals surface area contributed by atoms with E-state index in [-0.39, 0.29) is 5.54 Å². The summed E-state index contributed by atoms with van der Waals surface area (Å²) in [5.41, 5.74) is 6.24. The summed E-state index contributed by atoms with van der Waals surface area (Å²) in [7, 11) is 1.76. The molecule has 96 valence electrons. The van der Waals surface area contributed by atoms with Gasteiger partial charge in [-0.2, -0.15) is 11.8 Å². The van der Waals surface area contributed by atoms with E-state index < -0.39 is 0 Å². The molecule has 1 aliphatic heterocycles. The molecule has 1 heterocycles. The maximum atomic E-state index is 6.05. The summed E-state index contributed by atoms with van der Waals surface area (Å²) >= 11 is 2.05. The molecule has 1 aliphatic rings. The van der Waals surface area contributed by atoms with Crippen LogP contribution in [0.1, 0.15) is 27.2 Å². The van der Waals surface area contributed by atoms with Crippen molar-refractivity contribution >= 4 is 11.8 Å². The molecular weight excluding hydrogens is 220 g/mol. The predicted octanol–water partition coefficient (Wildman–Crippen LogP) is 1.57. The Hall–Kier alpha value is 0.230. The van der Waals surface area contributed by atoms with Gasteiger partial charge in [-0.05, 0) is 20.3 Å². The van der Waals surface area contributed by atoms with E-state index in [1.807, 2.05) is 11.8 Å². The van der Waals surface area contributed by atoms with Crippen LogP contribution in [0.3, 0.4) is 0 Å². The summed E-state index contributed by atoms with van der Waals surface area (Å²) in [5, 5.41) is 0.729. The summed E-state index contributed by atoms with van der Waals surface area (Å²) in [5.74, 6) is 1.16. The van der Waals surface area contributed by atoms with Crippen molar-refractivity contribution in [2.45, 2.75) is 44.0 Å².